The minimum atomic E-state index is -0.0434. The van der Waals surface area contributed by atoms with E-state index in [1.54, 1.807) is 0 Å². The van der Waals surface area contributed by atoms with Gasteiger partial charge in [-0.25, -0.2) is 9.97 Å². The van der Waals surface area contributed by atoms with Crippen molar-refractivity contribution in [2.24, 2.45) is 0 Å². The largest absolute Gasteiger partial charge is 0.309 e. The van der Waals surface area contributed by atoms with Crippen LogP contribution >= 0.6 is 27.5 Å². The average Bonchev–Trinajstić information content (AvgIpc) is 2.17. The fraction of sp³-hybridized carbons (Fsp3) is 0.667. The minimum Gasteiger partial charge on any atom is -0.309 e. The SMILES string of the molecule is CN(C)CCc1nc(Cl)c(Br)c(C(C)(C)C)n1. The predicted octanol–water partition coefficient (Wildman–Crippen LogP) is 3.29. The number of aromatic nitrogens is 2. The molecule has 0 fully saturated rings. The summed E-state index contributed by atoms with van der Waals surface area (Å²) in [4.78, 5) is 11.0. The van der Waals surface area contributed by atoms with Crippen LogP contribution in [0.5, 0.6) is 0 Å². The quantitative estimate of drug-likeness (QED) is 0.800. The summed E-state index contributed by atoms with van der Waals surface area (Å²) in [6, 6.07) is 0. The van der Waals surface area contributed by atoms with E-state index in [2.05, 4.69) is 51.6 Å². The molecule has 0 spiro atoms. The first-order chi connectivity index (χ1) is 7.71. The van der Waals surface area contributed by atoms with E-state index in [0.717, 1.165) is 29.0 Å². The first-order valence-corrected chi connectivity index (χ1v) is 6.76. The molecule has 1 heterocycles. The van der Waals surface area contributed by atoms with E-state index in [1.165, 1.54) is 0 Å². The van der Waals surface area contributed by atoms with E-state index >= 15 is 0 Å². The highest BCUT2D eigenvalue weighted by atomic mass is 79.9. The molecule has 1 aromatic rings. The van der Waals surface area contributed by atoms with Crippen LogP contribution in [0.3, 0.4) is 0 Å². The van der Waals surface area contributed by atoms with Gasteiger partial charge in [-0.15, -0.1) is 0 Å². The van der Waals surface area contributed by atoms with Gasteiger partial charge in [-0.1, -0.05) is 32.4 Å². The maximum absolute atomic E-state index is 6.13. The van der Waals surface area contributed by atoms with E-state index in [-0.39, 0.29) is 5.41 Å². The summed E-state index contributed by atoms with van der Waals surface area (Å²) < 4.78 is 0.806. The molecule has 5 heteroatoms. The van der Waals surface area contributed by atoms with Gasteiger partial charge in [-0.05, 0) is 30.0 Å². The van der Waals surface area contributed by atoms with Gasteiger partial charge in [-0.3, -0.25) is 0 Å². The molecule has 96 valence electrons. The summed E-state index contributed by atoms with van der Waals surface area (Å²) in [6.07, 6.45) is 0.809. The lowest BCUT2D eigenvalue weighted by molar-refractivity contribution is 0.408. The zero-order valence-corrected chi connectivity index (χ0v) is 13.4. The van der Waals surface area contributed by atoms with Crippen molar-refractivity contribution in [1.82, 2.24) is 14.9 Å². The number of nitrogens with zero attached hydrogens (tertiary/aromatic N) is 3. The Kier molecular flexibility index (Phi) is 4.93. The summed E-state index contributed by atoms with van der Waals surface area (Å²) in [7, 11) is 4.07. The molecular weight excluding hydrogens is 302 g/mol. The Morgan fingerprint density at radius 2 is 1.82 bits per heavy atom. The summed E-state index contributed by atoms with van der Waals surface area (Å²) in [5.74, 6) is 0.803. The van der Waals surface area contributed by atoms with Crippen LogP contribution < -0.4 is 0 Å². The number of hydrogen-bond acceptors (Lipinski definition) is 3. The molecule has 3 nitrogen and oxygen atoms in total. The lowest BCUT2D eigenvalue weighted by Crippen LogP contribution is -2.20. The second-order valence-corrected chi connectivity index (χ2v) is 6.55. The van der Waals surface area contributed by atoms with Crippen molar-refractivity contribution in [3.05, 3.63) is 21.1 Å². The molecule has 0 aliphatic carbocycles. The van der Waals surface area contributed by atoms with Crippen molar-refractivity contribution in [2.45, 2.75) is 32.6 Å². The number of rotatable bonds is 3. The molecule has 0 saturated heterocycles. The number of hydrogen-bond donors (Lipinski definition) is 0. The Balaban J connectivity index is 3.07. The van der Waals surface area contributed by atoms with Crippen molar-refractivity contribution in [3.8, 4) is 0 Å². The molecular formula is C12H19BrClN3. The number of halogens is 2. The molecule has 0 amide bonds. The van der Waals surface area contributed by atoms with Gasteiger partial charge in [-0.2, -0.15) is 0 Å². The summed E-state index contributed by atoms with van der Waals surface area (Å²) in [5.41, 5.74) is 0.921. The standard InChI is InChI=1S/C12H19BrClN3/c1-12(2,3)10-9(13)11(14)16-8(15-10)6-7-17(4)5/h6-7H2,1-5H3. The molecule has 0 aromatic carbocycles. The average molecular weight is 321 g/mol. The van der Waals surface area contributed by atoms with Crippen molar-refractivity contribution < 1.29 is 0 Å². The highest BCUT2D eigenvalue weighted by Gasteiger charge is 2.22. The molecule has 1 rings (SSSR count). The zero-order chi connectivity index (χ0) is 13.2. The van der Waals surface area contributed by atoms with E-state index < -0.39 is 0 Å². The van der Waals surface area contributed by atoms with E-state index in [1.807, 2.05) is 14.1 Å². The van der Waals surface area contributed by atoms with Gasteiger partial charge in [0.2, 0.25) is 0 Å². The number of likely N-dealkylation sites (N-methyl/N-ethyl adjacent to an activating group) is 1. The van der Waals surface area contributed by atoms with E-state index in [0.29, 0.717) is 5.15 Å². The van der Waals surface area contributed by atoms with Crippen LogP contribution in [0.2, 0.25) is 5.15 Å². The molecule has 17 heavy (non-hydrogen) atoms. The van der Waals surface area contributed by atoms with E-state index in [9.17, 15) is 0 Å². The summed E-state index contributed by atoms with van der Waals surface area (Å²) in [6.45, 7) is 7.27. The maximum Gasteiger partial charge on any atom is 0.147 e. The molecule has 0 unspecified atom stereocenters. The predicted molar refractivity (Wildman–Crippen MR) is 75.7 cm³/mol. The Labute approximate surface area is 117 Å². The Bertz CT molecular complexity index is 399. The van der Waals surface area contributed by atoms with Crippen LogP contribution in [-0.2, 0) is 11.8 Å². The fourth-order valence-corrected chi connectivity index (χ4v) is 2.35. The summed E-state index contributed by atoms with van der Waals surface area (Å²) in [5, 5.41) is 0.499. The molecule has 0 aliphatic rings. The van der Waals surface area contributed by atoms with Crippen LogP contribution in [0.15, 0.2) is 4.47 Å². The maximum atomic E-state index is 6.13. The fourth-order valence-electron chi connectivity index (χ4n) is 1.40. The van der Waals surface area contributed by atoms with Crippen LogP contribution in [0.25, 0.3) is 0 Å². The van der Waals surface area contributed by atoms with Gasteiger partial charge in [0.05, 0.1) is 10.2 Å². The highest BCUT2D eigenvalue weighted by Crippen LogP contribution is 2.32. The van der Waals surface area contributed by atoms with Crippen molar-refractivity contribution >= 4 is 27.5 Å². The topological polar surface area (TPSA) is 29.0 Å². The first kappa shape index (κ1) is 14.9. The monoisotopic (exact) mass is 319 g/mol. The van der Waals surface area contributed by atoms with E-state index in [4.69, 9.17) is 11.6 Å². The van der Waals surface area contributed by atoms with Gasteiger partial charge >= 0.3 is 0 Å². The molecule has 0 radical (unpaired) electrons. The molecule has 0 saturated carbocycles. The third-order valence-electron chi connectivity index (χ3n) is 2.35. The third-order valence-corrected chi connectivity index (χ3v) is 3.60. The second kappa shape index (κ2) is 5.63. The third kappa shape index (κ3) is 4.19. The Hall–Kier alpha value is -0.190. The Morgan fingerprint density at radius 3 is 2.29 bits per heavy atom. The van der Waals surface area contributed by atoms with Crippen molar-refractivity contribution in [2.75, 3.05) is 20.6 Å². The first-order valence-electron chi connectivity index (χ1n) is 5.59. The smallest absolute Gasteiger partial charge is 0.147 e. The lowest BCUT2D eigenvalue weighted by Gasteiger charge is -2.20. The zero-order valence-electron chi connectivity index (χ0n) is 11.0. The summed E-state index contributed by atoms with van der Waals surface area (Å²) >= 11 is 9.59. The molecule has 1 aromatic heterocycles. The van der Waals surface area contributed by atoms with Gasteiger partial charge in [0.25, 0.3) is 0 Å². The molecule has 0 N–H and O–H groups in total. The van der Waals surface area contributed by atoms with Gasteiger partial charge < -0.3 is 4.90 Å². The molecule has 0 atom stereocenters. The van der Waals surface area contributed by atoms with Crippen molar-refractivity contribution in [3.63, 3.8) is 0 Å². The molecule has 0 aliphatic heterocycles. The lowest BCUT2D eigenvalue weighted by atomic mass is 9.92. The normalized spacial score (nSPS) is 12.2. The van der Waals surface area contributed by atoms with Crippen LogP contribution in [0.4, 0.5) is 0 Å². The van der Waals surface area contributed by atoms with Crippen LogP contribution in [0, 0.1) is 0 Å². The Morgan fingerprint density at radius 1 is 1.24 bits per heavy atom. The van der Waals surface area contributed by atoms with Gasteiger partial charge in [0.15, 0.2) is 0 Å². The van der Waals surface area contributed by atoms with Gasteiger partial charge in [0, 0.05) is 18.4 Å². The van der Waals surface area contributed by atoms with Crippen molar-refractivity contribution in [1.29, 1.82) is 0 Å². The minimum absolute atomic E-state index is 0.0434. The van der Waals surface area contributed by atoms with Crippen LogP contribution in [-0.4, -0.2) is 35.5 Å². The second-order valence-electron chi connectivity index (χ2n) is 5.40. The van der Waals surface area contributed by atoms with Crippen LogP contribution in [0.1, 0.15) is 32.3 Å². The van der Waals surface area contributed by atoms with Gasteiger partial charge in [0.1, 0.15) is 11.0 Å². The molecule has 0 bridgehead atoms. The highest BCUT2D eigenvalue weighted by molar-refractivity contribution is 9.10.